The van der Waals surface area contributed by atoms with E-state index in [1.807, 2.05) is 13.8 Å². The molecule has 12 heavy (non-hydrogen) atoms. The summed E-state index contributed by atoms with van der Waals surface area (Å²) in [5.41, 5.74) is -0.719. The zero-order valence-corrected chi connectivity index (χ0v) is 8.00. The molecule has 0 aromatic heterocycles. The summed E-state index contributed by atoms with van der Waals surface area (Å²) in [5.74, 6) is 0. The Morgan fingerprint density at radius 1 is 1.42 bits per heavy atom. The second kappa shape index (κ2) is 4.10. The Morgan fingerprint density at radius 2 is 2.00 bits per heavy atom. The lowest BCUT2D eigenvalue weighted by Crippen LogP contribution is -2.39. The number of hydrogen-bond donors (Lipinski definition) is 0. The minimum Gasteiger partial charge on any atom is -0.450 e. The summed E-state index contributed by atoms with van der Waals surface area (Å²) in [6, 6.07) is 0. The molecule has 1 rings (SSSR count). The minimum absolute atomic E-state index is 0.0289. The van der Waals surface area contributed by atoms with Crippen molar-refractivity contribution in [3.63, 3.8) is 0 Å². The zero-order chi connectivity index (χ0) is 9.14. The molecule has 0 aromatic rings. The quantitative estimate of drug-likeness (QED) is 0.644. The van der Waals surface area contributed by atoms with Crippen molar-refractivity contribution in [1.29, 1.82) is 0 Å². The Balaban J connectivity index is 2.08. The zero-order valence-electron chi connectivity index (χ0n) is 7.25. The fourth-order valence-corrected chi connectivity index (χ4v) is 1.37. The second-order valence-corrected chi connectivity index (χ2v) is 3.56. The van der Waals surface area contributed by atoms with Crippen molar-refractivity contribution in [3.05, 3.63) is 0 Å². The van der Waals surface area contributed by atoms with Crippen LogP contribution in [0.2, 0.25) is 0 Å². The monoisotopic (exact) mass is 192 g/mol. The lowest BCUT2D eigenvalue weighted by atomic mass is 9.92. The number of halogens is 1. The van der Waals surface area contributed by atoms with Crippen molar-refractivity contribution in [2.45, 2.75) is 45.0 Å². The van der Waals surface area contributed by atoms with Crippen molar-refractivity contribution >= 4 is 17.0 Å². The molecule has 1 fully saturated rings. The Kier molecular flexibility index (Phi) is 3.35. The van der Waals surface area contributed by atoms with E-state index >= 15 is 0 Å². The van der Waals surface area contributed by atoms with E-state index in [2.05, 4.69) is 0 Å². The van der Waals surface area contributed by atoms with Crippen LogP contribution in [0.3, 0.4) is 0 Å². The first-order chi connectivity index (χ1) is 5.58. The summed E-state index contributed by atoms with van der Waals surface area (Å²) in [4.78, 5) is 10.3. The average molecular weight is 193 g/mol. The van der Waals surface area contributed by atoms with Crippen molar-refractivity contribution in [2.75, 3.05) is 0 Å². The molecule has 0 N–H and O–H groups in total. The van der Waals surface area contributed by atoms with Gasteiger partial charge in [0, 0.05) is 24.4 Å². The molecular weight excluding hydrogens is 180 g/mol. The lowest BCUT2D eigenvalue weighted by molar-refractivity contribution is -0.0925. The van der Waals surface area contributed by atoms with Gasteiger partial charge in [-0.05, 0) is 13.8 Å². The van der Waals surface area contributed by atoms with Gasteiger partial charge < -0.3 is 9.47 Å². The molecule has 0 saturated heterocycles. The highest BCUT2D eigenvalue weighted by Crippen LogP contribution is 2.27. The molecule has 70 valence electrons. The van der Waals surface area contributed by atoms with E-state index in [9.17, 15) is 4.79 Å². The Morgan fingerprint density at radius 3 is 2.42 bits per heavy atom. The van der Waals surface area contributed by atoms with E-state index in [1.165, 1.54) is 0 Å². The number of carbonyl (C=O) groups excluding carboxylic acids is 1. The largest absolute Gasteiger partial charge is 0.450 e. The number of hydrogen-bond acceptors (Lipinski definition) is 3. The van der Waals surface area contributed by atoms with Crippen LogP contribution in [-0.4, -0.2) is 23.7 Å². The second-order valence-electron chi connectivity index (χ2n) is 3.26. The van der Waals surface area contributed by atoms with Crippen LogP contribution >= 0.6 is 11.6 Å². The summed E-state index contributed by atoms with van der Waals surface area (Å²) in [6.45, 7) is 3.97. The van der Waals surface area contributed by atoms with Crippen molar-refractivity contribution in [2.24, 2.45) is 0 Å². The first-order valence-corrected chi connectivity index (χ1v) is 4.47. The predicted molar refractivity (Wildman–Crippen MR) is 45.4 cm³/mol. The summed E-state index contributed by atoms with van der Waals surface area (Å²) in [5, 5.41) is 0. The molecule has 0 heterocycles. The Hall–Kier alpha value is -0.280. The van der Waals surface area contributed by atoms with Gasteiger partial charge in [0.15, 0.2) is 0 Å². The molecule has 0 amide bonds. The van der Waals surface area contributed by atoms with Gasteiger partial charge >= 0.3 is 5.43 Å². The minimum atomic E-state index is -0.719. The van der Waals surface area contributed by atoms with Crippen LogP contribution in [0, 0.1) is 0 Å². The van der Waals surface area contributed by atoms with E-state index in [0.29, 0.717) is 0 Å². The fraction of sp³-hybridized carbons (Fsp3) is 0.875. The average Bonchev–Trinajstić information content (AvgIpc) is 1.80. The summed E-state index contributed by atoms with van der Waals surface area (Å²) in [7, 11) is 0. The number of rotatable bonds is 3. The van der Waals surface area contributed by atoms with Gasteiger partial charge in [0.2, 0.25) is 0 Å². The van der Waals surface area contributed by atoms with Crippen molar-refractivity contribution in [3.8, 4) is 0 Å². The van der Waals surface area contributed by atoms with E-state index < -0.39 is 5.43 Å². The number of ether oxygens (including phenoxy) is 2. The highest BCUT2D eigenvalue weighted by Gasteiger charge is 2.33. The molecular formula is C8H13ClO3. The van der Waals surface area contributed by atoms with Crippen LogP contribution in [0.15, 0.2) is 0 Å². The fourth-order valence-electron chi connectivity index (χ4n) is 1.24. The smallest absolute Gasteiger partial charge is 0.404 e. The van der Waals surface area contributed by atoms with Gasteiger partial charge in [-0.2, -0.15) is 0 Å². The molecule has 0 unspecified atom stereocenters. The van der Waals surface area contributed by atoms with Crippen LogP contribution in [0.5, 0.6) is 0 Å². The molecule has 0 radical (unpaired) electrons. The van der Waals surface area contributed by atoms with Crippen molar-refractivity contribution < 1.29 is 14.3 Å². The van der Waals surface area contributed by atoms with Gasteiger partial charge in [-0.3, -0.25) is 0 Å². The maximum Gasteiger partial charge on any atom is 0.404 e. The third kappa shape index (κ3) is 2.99. The predicted octanol–water partition coefficient (Wildman–Crippen LogP) is 2.32. The molecule has 1 aliphatic carbocycles. The third-order valence-electron chi connectivity index (χ3n) is 1.78. The first-order valence-electron chi connectivity index (χ1n) is 4.09. The van der Waals surface area contributed by atoms with Crippen LogP contribution in [0.4, 0.5) is 4.79 Å². The Bertz CT molecular complexity index is 164. The van der Waals surface area contributed by atoms with Crippen molar-refractivity contribution in [1.82, 2.24) is 0 Å². The maximum absolute atomic E-state index is 10.3. The van der Waals surface area contributed by atoms with Crippen LogP contribution in [-0.2, 0) is 9.47 Å². The molecule has 1 aliphatic rings. The Labute approximate surface area is 77.0 Å². The van der Waals surface area contributed by atoms with Gasteiger partial charge in [-0.15, -0.1) is 0 Å². The van der Waals surface area contributed by atoms with E-state index in [1.54, 1.807) is 0 Å². The molecule has 0 bridgehead atoms. The molecule has 0 atom stereocenters. The van der Waals surface area contributed by atoms with Crippen LogP contribution < -0.4 is 0 Å². The highest BCUT2D eigenvalue weighted by molar-refractivity contribution is 6.61. The van der Waals surface area contributed by atoms with Gasteiger partial charge in [-0.25, -0.2) is 4.79 Å². The summed E-state index contributed by atoms with van der Waals surface area (Å²) >= 11 is 5.04. The standard InChI is InChI=1S/C8H13ClO3/c1-5(2)11-6-3-7(4-6)12-8(9)10/h5-7H,3-4H2,1-2H3/t6-,7+. The van der Waals surface area contributed by atoms with Gasteiger partial charge in [0.05, 0.1) is 12.2 Å². The van der Waals surface area contributed by atoms with Crippen LogP contribution in [0.25, 0.3) is 0 Å². The highest BCUT2D eigenvalue weighted by atomic mass is 35.5. The summed E-state index contributed by atoms with van der Waals surface area (Å²) in [6.07, 6.45) is 2.00. The topological polar surface area (TPSA) is 35.5 Å². The van der Waals surface area contributed by atoms with Gasteiger partial charge in [0.1, 0.15) is 6.10 Å². The summed E-state index contributed by atoms with van der Waals surface area (Å²) < 4.78 is 10.2. The lowest BCUT2D eigenvalue weighted by Gasteiger charge is -2.34. The molecule has 0 spiro atoms. The molecule has 1 saturated carbocycles. The van der Waals surface area contributed by atoms with E-state index in [-0.39, 0.29) is 18.3 Å². The third-order valence-corrected chi connectivity index (χ3v) is 1.86. The normalized spacial score (nSPS) is 28.3. The molecule has 0 aliphatic heterocycles. The molecule has 3 nitrogen and oxygen atoms in total. The van der Waals surface area contributed by atoms with Gasteiger partial charge in [0.25, 0.3) is 0 Å². The van der Waals surface area contributed by atoms with Gasteiger partial charge in [-0.1, -0.05) is 0 Å². The SMILES string of the molecule is CC(C)O[C@H]1C[C@@H](OC(=O)Cl)C1. The molecule has 0 aromatic carbocycles. The maximum atomic E-state index is 10.3. The first kappa shape index (κ1) is 9.81. The number of carbonyl (C=O) groups is 1. The van der Waals surface area contributed by atoms with E-state index in [4.69, 9.17) is 21.1 Å². The van der Waals surface area contributed by atoms with Crippen LogP contribution in [0.1, 0.15) is 26.7 Å². The molecule has 4 heteroatoms. The van der Waals surface area contributed by atoms with E-state index in [0.717, 1.165) is 12.8 Å².